The van der Waals surface area contributed by atoms with Crippen LogP contribution in [0.2, 0.25) is 0 Å². The summed E-state index contributed by atoms with van der Waals surface area (Å²) in [6, 6.07) is 0. The van der Waals surface area contributed by atoms with E-state index in [1.165, 1.54) is 0 Å². The van der Waals surface area contributed by atoms with Crippen molar-refractivity contribution in [1.82, 2.24) is 9.97 Å². The van der Waals surface area contributed by atoms with Crippen molar-refractivity contribution in [2.24, 2.45) is 0 Å². The van der Waals surface area contributed by atoms with Gasteiger partial charge in [-0.1, -0.05) is 6.58 Å². The summed E-state index contributed by atoms with van der Waals surface area (Å²) in [4.78, 5) is 16.8. The monoisotopic (exact) mass is 196 g/mol. The molecule has 2 heterocycles. The second-order valence-electron chi connectivity index (χ2n) is 2.55. The molecule has 2 rings (SSSR count). The number of H-pyrrole nitrogens is 1. The van der Waals surface area contributed by atoms with Gasteiger partial charge in [0.1, 0.15) is 12.7 Å². The van der Waals surface area contributed by atoms with E-state index in [1.807, 2.05) is 0 Å². The molecule has 0 aliphatic carbocycles. The maximum atomic E-state index is 10.3. The standard InChI is InChI=1S/C6H8O3.C3H4N2/c1-2-6(7)9-4-5-3-8-5;1-2-5-3-4-1/h2,5H,1,3-4H2;1-3H,(H,4,5). The second-order valence-corrected chi connectivity index (χ2v) is 2.55. The predicted molar refractivity (Wildman–Crippen MR) is 49.5 cm³/mol. The van der Waals surface area contributed by atoms with Gasteiger partial charge >= 0.3 is 5.97 Å². The number of rotatable bonds is 3. The maximum absolute atomic E-state index is 10.3. The molecule has 1 aliphatic rings. The molecule has 0 spiro atoms. The fourth-order valence-corrected chi connectivity index (χ4v) is 0.613. The first-order chi connectivity index (χ1) is 6.83. The normalized spacial score (nSPS) is 17.6. The average Bonchev–Trinajstić information content (AvgIpc) is 2.84. The number of imidazole rings is 1. The van der Waals surface area contributed by atoms with Crippen molar-refractivity contribution in [1.29, 1.82) is 0 Å². The summed E-state index contributed by atoms with van der Waals surface area (Å²) in [5.74, 6) is -0.384. The molecular weight excluding hydrogens is 184 g/mol. The summed E-state index contributed by atoms with van der Waals surface area (Å²) in [5.41, 5.74) is 0. The number of carbonyl (C=O) groups is 1. The van der Waals surface area contributed by atoms with Gasteiger partial charge in [0.05, 0.1) is 12.9 Å². The number of carbonyl (C=O) groups excluding carboxylic acids is 1. The van der Waals surface area contributed by atoms with E-state index in [1.54, 1.807) is 18.7 Å². The van der Waals surface area contributed by atoms with Crippen LogP contribution in [0, 0.1) is 0 Å². The molecule has 5 heteroatoms. The van der Waals surface area contributed by atoms with Gasteiger partial charge in [0.15, 0.2) is 0 Å². The molecule has 0 amide bonds. The first-order valence-electron chi connectivity index (χ1n) is 4.16. The number of ether oxygens (including phenoxy) is 2. The third-order valence-electron chi connectivity index (χ3n) is 1.39. The molecule has 5 nitrogen and oxygen atoms in total. The van der Waals surface area contributed by atoms with Crippen molar-refractivity contribution in [3.8, 4) is 0 Å². The fourth-order valence-electron chi connectivity index (χ4n) is 0.613. The molecule has 0 saturated carbocycles. The summed E-state index contributed by atoms with van der Waals surface area (Å²) in [6.45, 7) is 4.32. The van der Waals surface area contributed by atoms with Gasteiger partial charge in [-0.3, -0.25) is 0 Å². The molecule has 0 aromatic carbocycles. The molecular formula is C9H12N2O3. The van der Waals surface area contributed by atoms with Crippen LogP contribution >= 0.6 is 0 Å². The lowest BCUT2D eigenvalue weighted by atomic mass is 10.5. The molecule has 0 radical (unpaired) electrons. The highest BCUT2D eigenvalue weighted by Gasteiger charge is 2.23. The molecule has 1 aromatic rings. The Morgan fingerprint density at radius 2 is 2.64 bits per heavy atom. The third kappa shape index (κ3) is 5.10. The number of aromatic nitrogens is 2. The van der Waals surface area contributed by atoms with Crippen LogP contribution in [-0.2, 0) is 14.3 Å². The van der Waals surface area contributed by atoms with Crippen molar-refractivity contribution in [2.45, 2.75) is 6.10 Å². The quantitative estimate of drug-likeness (QED) is 0.435. The maximum Gasteiger partial charge on any atom is 0.330 e. The Kier molecular flexibility index (Phi) is 4.43. The second kappa shape index (κ2) is 5.93. The van der Waals surface area contributed by atoms with E-state index < -0.39 is 0 Å². The third-order valence-corrected chi connectivity index (χ3v) is 1.39. The van der Waals surface area contributed by atoms with Gasteiger partial charge in [0.25, 0.3) is 0 Å². The smallest absolute Gasteiger partial charge is 0.330 e. The molecule has 1 atom stereocenters. The Balaban J connectivity index is 0.000000165. The van der Waals surface area contributed by atoms with Crippen LogP contribution in [0.5, 0.6) is 0 Å². The van der Waals surface area contributed by atoms with Crippen LogP contribution in [0.3, 0.4) is 0 Å². The molecule has 1 fully saturated rings. The molecule has 1 unspecified atom stereocenters. The van der Waals surface area contributed by atoms with Crippen molar-refractivity contribution in [3.63, 3.8) is 0 Å². The SMILES string of the molecule is C=CC(=O)OCC1CO1.c1c[nH]cn1. The number of epoxide rings is 1. The highest BCUT2D eigenvalue weighted by atomic mass is 16.6. The van der Waals surface area contributed by atoms with E-state index >= 15 is 0 Å². The number of nitrogens with zero attached hydrogens (tertiary/aromatic N) is 1. The molecule has 0 bridgehead atoms. The minimum Gasteiger partial charge on any atom is -0.460 e. The molecule has 14 heavy (non-hydrogen) atoms. The highest BCUT2D eigenvalue weighted by molar-refractivity contribution is 5.81. The van der Waals surface area contributed by atoms with Crippen LogP contribution in [0.25, 0.3) is 0 Å². The van der Waals surface area contributed by atoms with Crippen molar-refractivity contribution in [3.05, 3.63) is 31.4 Å². The Morgan fingerprint density at radius 1 is 1.86 bits per heavy atom. The van der Waals surface area contributed by atoms with Crippen LogP contribution in [0.4, 0.5) is 0 Å². The lowest BCUT2D eigenvalue weighted by Gasteiger charge is -1.94. The minimum absolute atomic E-state index is 0.147. The first kappa shape index (κ1) is 10.5. The first-order valence-corrected chi connectivity index (χ1v) is 4.16. The number of hydrogen-bond donors (Lipinski definition) is 1. The van der Waals surface area contributed by atoms with Gasteiger partial charge in [-0.2, -0.15) is 0 Å². The summed E-state index contributed by atoms with van der Waals surface area (Å²) in [5, 5.41) is 0. The number of hydrogen-bond acceptors (Lipinski definition) is 4. The minimum atomic E-state index is -0.384. The zero-order valence-electron chi connectivity index (χ0n) is 7.68. The van der Waals surface area contributed by atoms with E-state index in [0.717, 1.165) is 6.08 Å². The molecule has 1 aromatic heterocycles. The summed E-state index contributed by atoms with van der Waals surface area (Å²) < 4.78 is 9.42. The number of aromatic amines is 1. The fraction of sp³-hybridized carbons (Fsp3) is 0.333. The Bertz CT molecular complexity index is 250. The molecule has 1 aliphatic heterocycles. The highest BCUT2D eigenvalue weighted by Crippen LogP contribution is 2.08. The topological polar surface area (TPSA) is 67.5 Å². The lowest BCUT2D eigenvalue weighted by molar-refractivity contribution is -0.138. The lowest BCUT2D eigenvalue weighted by Crippen LogP contribution is -2.06. The van der Waals surface area contributed by atoms with E-state index in [4.69, 9.17) is 4.74 Å². The number of nitrogens with one attached hydrogen (secondary N) is 1. The Labute approximate surface area is 81.7 Å². The predicted octanol–water partition coefficient (Wildman–Crippen LogP) is 0.524. The largest absolute Gasteiger partial charge is 0.460 e. The Hall–Kier alpha value is -1.62. The molecule has 1 saturated heterocycles. The summed E-state index contributed by atoms with van der Waals surface area (Å²) in [7, 11) is 0. The zero-order chi connectivity index (χ0) is 10.2. The van der Waals surface area contributed by atoms with Gasteiger partial charge in [0.2, 0.25) is 0 Å². The van der Waals surface area contributed by atoms with E-state index in [9.17, 15) is 4.79 Å². The molecule has 1 N–H and O–H groups in total. The summed E-state index contributed by atoms with van der Waals surface area (Å²) >= 11 is 0. The van der Waals surface area contributed by atoms with Crippen LogP contribution in [0.15, 0.2) is 31.4 Å². The van der Waals surface area contributed by atoms with E-state index in [-0.39, 0.29) is 12.1 Å². The van der Waals surface area contributed by atoms with Crippen LogP contribution in [0.1, 0.15) is 0 Å². The van der Waals surface area contributed by atoms with Gasteiger partial charge in [-0.05, 0) is 0 Å². The van der Waals surface area contributed by atoms with E-state index in [2.05, 4.69) is 21.3 Å². The van der Waals surface area contributed by atoms with Crippen molar-refractivity contribution < 1.29 is 14.3 Å². The van der Waals surface area contributed by atoms with Gasteiger partial charge in [-0.25, -0.2) is 9.78 Å². The Morgan fingerprint density at radius 3 is 3.00 bits per heavy atom. The van der Waals surface area contributed by atoms with Gasteiger partial charge in [0, 0.05) is 18.5 Å². The van der Waals surface area contributed by atoms with Crippen molar-refractivity contribution >= 4 is 5.97 Å². The van der Waals surface area contributed by atoms with Crippen LogP contribution in [-0.4, -0.2) is 35.3 Å². The average molecular weight is 196 g/mol. The van der Waals surface area contributed by atoms with E-state index in [0.29, 0.717) is 13.2 Å². The zero-order valence-corrected chi connectivity index (χ0v) is 7.68. The summed E-state index contributed by atoms with van der Waals surface area (Å²) in [6.07, 6.45) is 6.37. The van der Waals surface area contributed by atoms with Crippen LogP contribution < -0.4 is 0 Å². The van der Waals surface area contributed by atoms with Crippen molar-refractivity contribution in [2.75, 3.05) is 13.2 Å². The number of esters is 1. The molecule has 76 valence electrons. The van der Waals surface area contributed by atoms with Gasteiger partial charge in [-0.15, -0.1) is 0 Å². The van der Waals surface area contributed by atoms with Gasteiger partial charge < -0.3 is 14.5 Å².